The molecule has 1 aromatic heterocycles. The van der Waals surface area contributed by atoms with Gasteiger partial charge in [-0.1, -0.05) is 65.0 Å². The van der Waals surface area contributed by atoms with Crippen molar-refractivity contribution in [2.24, 2.45) is 11.3 Å². The molecule has 0 spiro atoms. The number of nitrogens with one attached hydrogen (secondary N) is 3. The average molecular weight is 602 g/mol. The van der Waals surface area contributed by atoms with Crippen LogP contribution in [-0.4, -0.2) is 64.5 Å². The highest BCUT2D eigenvalue weighted by atomic mass is 19.4. The molecule has 0 radical (unpaired) electrons. The average Bonchev–Trinajstić information content (AvgIpc) is 2.93. The maximum atomic E-state index is 14.5. The number of carbonyl (C=O) groups excluding carboxylic acids is 3. The van der Waals surface area contributed by atoms with Gasteiger partial charge in [0.1, 0.15) is 12.1 Å². The molecule has 234 valence electrons. The summed E-state index contributed by atoms with van der Waals surface area (Å²) >= 11 is 0. The predicted octanol–water partition coefficient (Wildman–Crippen LogP) is 4.90. The normalized spacial score (nSPS) is 28.7. The lowest BCUT2D eigenvalue weighted by Gasteiger charge is -2.38. The second-order valence-electron chi connectivity index (χ2n) is 12.8. The molecule has 0 saturated carbocycles. The van der Waals surface area contributed by atoms with Crippen LogP contribution in [0, 0.1) is 11.3 Å². The molecule has 2 aliphatic heterocycles. The van der Waals surface area contributed by atoms with Gasteiger partial charge < -0.3 is 5.32 Å². The molecule has 2 amide bonds. The maximum Gasteiger partial charge on any atom is 0.404 e. The van der Waals surface area contributed by atoms with Gasteiger partial charge in [0.25, 0.3) is 5.91 Å². The highest BCUT2D eigenvalue weighted by molar-refractivity contribution is 5.90. The third-order valence-corrected chi connectivity index (χ3v) is 8.39. The van der Waals surface area contributed by atoms with E-state index in [0.29, 0.717) is 30.5 Å². The molecular formula is C32H42F3N5O3. The molecule has 1 saturated heterocycles. The third-order valence-electron chi connectivity index (χ3n) is 8.39. The number of ketones is 1. The molecule has 43 heavy (non-hydrogen) atoms. The van der Waals surface area contributed by atoms with Crippen LogP contribution in [0.5, 0.6) is 0 Å². The van der Waals surface area contributed by atoms with Crippen LogP contribution in [-0.2, 0) is 14.4 Å². The van der Waals surface area contributed by atoms with Gasteiger partial charge in [0.05, 0.1) is 17.6 Å². The number of carbonyl (C=O) groups is 3. The fraction of sp³-hybridized carbons (Fsp3) is 0.562. The van der Waals surface area contributed by atoms with Crippen molar-refractivity contribution >= 4 is 34.6 Å². The highest BCUT2D eigenvalue weighted by Crippen LogP contribution is 2.36. The second kappa shape index (κ2) is 12.7. The summed E-state index contributed by atoms with van der Waals surface area (Å²) in [4.78, 5) is 44.7. The van der Waals surface area contributed by atoms with Gasteiger partial charge in [-0.25, -0.2) is 5.43 Å². The van der Waals surface area contributed by atoms with Crippen LogP contribution in [0.25, 0.3) is 17.0 Å². The number of amides is 2. The first-order valence-electron chi connectivity index (χ1n) is 14.9. The van der Waals surface area contributed by atoms with Crippen LogP contribution in [0.2, 0.25) is 0 Å². The Kier molecular flexibility index (Phi) is 9.66. The topological polar surface area (TPSA) is 103 Å². The van der Waals surface area contributed by atoms with E-state index in [4.69, 9.17) is 4.98 Å². The minimum atomic E-state index is -4.67. The maximum absolute atomic E-state index is 14.5. The SMILES string of the molecule is CC(C)[C@@H]1N[C@H](C(F)(F)F)C(C)(C)/C=C/c2ccc3ccc(nc3c2)[C@@H](C)CC(=O)[C@@H]2CCCN(N2)C(=O)[C@H](C)NC1=O. The van der Waals surface area contributed by atoms with Gasteiger partial charge in [0, 0.05) is 35.4 Å². The molecule has 3 N–H and O–H groups in total. The lowest BCUT2D eigenvalue weighted by molar-refractivity contribution is -0.177. The Labute approximate surface area is 250 Å². The minimum Gasteiger partial charge on any atom is -0.343 e. The number of Topliss-reactive ketones (excluding diaryl/α,β-unsaturated/α-hetero) is 1. The monoisotopic (exact) mass is 601 g/mol. The molecule has 3 heterocycles. The molecule has 1 aromatic carbocycles. The van der Waals surface area contributed by atoms with Gasteiger partial charge in [-0.05, 0) is 43.4 Å². The van der Waals surface area contributed by atoms with Crippen LogP contribution in [0.1, 0.15) is 78.0 Å². The van der Waals surface area contributed by atoms with E-state index in [0.717, 1.165) is 11.1 Å². The minimum absolute atomic E-state index is 0.0457. The van der Waals surface area contributed by atoms with Crippen molar-refractivity contribution in [2.75, 3.05) is 6.54 Å². The van der Waals surface area contributed by atoms with Crippen LogP contribution in [0.3, 0.4) is 0 Å². The number of alkyl halides is 3. The van der Waals surface area contributed by atoms with Gasteiger partial charge in [-0.2, -0.15) is 13.2 Å². The summed E-state index contributed by atoms with van der Waals surface area (Å²) in [5.41, 5.74) is 3.66. The molecular weight excluding hydrogens is 559 g/mol. The van der Waals surface area contributed by atoms with Crippen LogP contribution in [0.4, 0.5) is 13.2 Å². The lowest BCUT2D eigenvalue weighted by atomic mass is 9.82. The zero-order valence-corrected chi connectivity index (χ0v) is 25.6. The fourth-order valence-corrected chi connectivity index (χ4v) is 5.74. The van der Waals surface area contributed by atoms with Gasteiger partial charge in [0.2, 0.25) is 5.91 Å². The van der Waals surface area contributed by atoms with Crippen molar-refractivity contribution in [1.29, 1.82) is 0 Å². The van der Waals surface area contributed by atoms with Crippen LogP contribution >= 0.6 is 0 Å². The van der Waals surface area contributed by atoms with Crippen molar-refractivity contribution in [1.82, 2.24) is 26.1 Å². The highest BCUT2D eigenvalue weighted by Gasteiger charge is 2.49. The molecule has 0 unspecified atom stereocenters. The van der Waals surface area contributed by atoms with Crippen molar-refractivity contribution < 1.29 is 27.6 Å². The number of hydrogen-bond acceptors (Lipinski definition) is 6. The number of halogens is 3. The lowest BCUT2D eigenvalue weighted by Crippen LogP contribution is -2.63. The fourth-order valence-electron chi connectivity index (χ4n) is 5.74. The Morgan fingerprint density at radius 2 is 1.77 bits per heavy atom. The second-order valence-corrected chi connectivity index (χ2v) is 12.8. The van der Waals surface area contributed by atoms with Crippen molar-refractivity contribution in [2.45, 2.75) is 97.1 Å². The van der Waals surface area contributed by atoms with E-state index in [2.05, 4.69) is 16.1 Å². The van der Waals surface area contributed by atoms with E-state index in [1.165, 1.54) is 31.9 Å². The Balaban J connectivity index is 1.76. The summed E-state index contributed by atoms with van der Waals surface area (Å²) in [6.45, 7) is 10.0. The Bertz CT molecular complexity index is 1390. The van der Waals surface area contributed by atoms with E-state index >= 15 is 0 Å². The molecule has 1 fully saturated rings. The van der Waals surface area contributed by atoms with E-state index in [1.807, 2.05) is 37.3 Å². The van der Waals surface area contributed by atoms with Gasteiger partial charge in [-0.3, -0.25) is 29.7 Å². The zero-order chi connectivity index (χ0) is 31.7. The van der Waals surface area contributed by atoms with Crippen LogP contribution < -0.4 is 16.1 Å². The Morgan fingerprint density at radius 3 is 2.44 bits per heavy atom. The summed E-state index contributed by atoms with van der Waals surface area (Å²) in [6.07, 6.45) is -0.174. The number of nitrogens with zero attached hydrogens (tertiary/aromatic N) is 2. The largest absolute Gasteiger partial charge is 0.404 e. The zero-order valence-electron chi connectivity index (χ0n) is 25.6. The summed E-state index contributed by atoms with van der Waals surface area (Å²) < 4.78 is 43.6. The van der Waals surface area contributed by atoms with Gasteiger partial charge >= 0.3 is 6.18 Å². The number of hydrazine groups is 1. The van der Waals surface area contributed by atoms with Crippen molar-refractivity contribution in [3.05, 3.63) is 47.7 Å². The number of fused-ring (bicyclic) bond motifs is 4. The summed E-state index contributed by atoms with van der Waals surface area (Å²) in [6, 6.07) is 4.42. The molecule has 0 aliphatic carbocycles. The Hall–Kier alpha value is -3.31. The number of hydrogen-bond donors (Lipinski definition) is 3. The molecule has 5 atom stereocenters. The van der Waals surface area contributed by atoms with E-state index in [1.54, 1.807) is 19.9 Å². The quantitative estimate of drug-likeness (QED) is 0.430. The summed E-state index contributed by atoms with van der Waals surface area (Å²) in [5.74, 6) is -1.91. The van der Waals surface area contributed by atoms with Crippen LogP contribution in [0.15, 0.2) is 36.4 Å². The van der Waals surface area contributed by atoms with Gasteiger partial charge in [0.15, 0.2) is 5.78 Å². The van der Waals surface area contributed by atoms with Gasteiger partial charge in [-0.15, -0.1) is 0 Å². The molecule has 5 bridgehead atoms. The number of pyridine rings is 1. The summed E-state index contributed by atoms with van der Waals surface area (Å²) in [5, 5.41) is 7.40. The summed E-state index contributed by atoms with van der Waals surface area (Å²) in [7, 11) is 0. The van der Waals surface area contributed by atoms with E-state index in [9.17, 15) is 27.6 Å². The standard InChI is InChI=1S/C32H42F3N5O3/c1-18(2)27-28(42)36-20(4)29(43)40-15-7-8-24(39-40)26(41)16-19(3)23-12-11-22-10-9-21(17-25(22)37-23)13-14-31(5,6)30(38-27)32(33,34)35/h9-14,17-20,24,27,30,38-39H,7-8,15-16H2,1-6H3,(H,36,42)/b14-13+/t19-,20-,24-,27-,30-/m0/s1. The van der Waals surface area contributed by atoms with Crippen molar-refractivity contribution in [3.63, 3.8) is 0 Å². The van der Waals surface area contributed by atoms with Crippen molar-refractivity contribution in [3.8, 4) is 0 Å². The first-order chi connectivity index (χ1) is 20.1. The van der Waals surface area contributed by atoms with E-state index < -0.39 is 53.5 Å². The first kappa shape index (κ1) is 32.6. The number of aromatic nitrogens is 1. The number of rotatable bonds is 1. The molecule has 11 heteroatoms. The van der Waals surface area contributed by atoms with E-state index in [-0.39, 0.29) is 18.1 Å². The molecule has 4 rings (SSSR count). The molecule has 2 aromatic rings. The molecule has 2 aliphatic rings. The number of benzene rings is 1. The Morgan fingerprint density at radius 1 is 1.07 bits per heavy atom. The first-order valence-corrected chi connectivity index (χ1v) is 14.9. The molecule has 8 nitrogen and oxygen atoms in total. The third kappa shape index (κ3) is 7.62. The smallest absolute Gasteiger partial charge is 0.343 e. The predicted molar refractivity (Wildman–Crippen MR) is 160 cm³/mol.